The molecule has 0 saturated carbocycles. The largest absolute Gasteiger partial charge is 0.354 e. The first-order valence-corrected chi connectivity index (χ1v) is 9.30. The van der Waals surface area contributed by atoms with Gasteiger partial charge in [-0.2, -0.15) is 0 Å². The zero-order valence-corrected chi connectivity index (χ0v) is 15.4. The number of aromatic nitrogens is 4. The fourth-order valence-corrected chi connectivity index (χ4v) is 3.39. The molecule has 29 heavy (non-hydrogen) atoms. The number of anilines is 3. The Morgan fingerprint density at radius 1 is 0.897 bits per heavy atom. The van der Waals surface area contributed by atoms with Gasteiger partial charge in [-0.3, -0.25) is 4.98 Å². The van der Waals surface area contributed by atoms with Crippen LogP contribution in [0.25, 0.3) is 22.4 Å². The van der Waals surface area contributed by atoms with Crippen LogP contribution < -0.4 is 10.6 Å². The van der Waals surface area contributed by atoms with Gasteiger partial charge in [-0.25, -0.2) is 19.3 Å². The Kier molecular flexibility index (Phi) is 4.32. The van der Waals surface area contributed by atoms with Crippen molar-refractivity contribution in [3.05, 3.63) is 78.6 Å². The number of pyridine rings is 2. The Morgan fingerprint density at radius 3 is 2.69 bits per heavy atom. The van der Waals surface area contributed by atoms with Gasteiger partial charge in [0.25, 0.3) is 0 Å². The van der Waals surface area contributed by atoms with E-state index in [0.29, 0.717) is 12.5 Å². The van der Waals surface area contributed by atoms with Gasteiger partial charge in [0, 0.05) is 41.8 Å². The van der Waals surface area contributed by atoms with Gasteiger partial charge < -0.3 is 10.6 Å². The van der Waals surface area contributed by atoms with Gasteiger partial charge in [0.2, 0.25) is 5.95 Å². The van der Waals surface area contributed by atoms with E-state index in [0.717, 1.165) is 45.9 Å². The molecule has 0 unspecified atom stereocenters. The highest BCUT2D eigenvalue weighted by Crippen LogP contribution is 2.41. The summed E-state index contributed by atoms with van der Waals surface area (Å²) in [6.07, 6.45) is 7.84. The van der Waals surface area contributed by atoms with E-state index in [1.807, 2.05) is 24.4 Å². The van der Waals surface area contributed by atoms with Crippen molar-refractivity contribution in [2.45, 2.75) is 6.42 Å². The van der Waals surface area contributed by atoms with E-state index < -0.39 is 0 Å². The van der Waals surface area contributed by atoms with Crippen molar-refractivity contribution in [1.29, 1.82) is 0 Å². The average molecular weight is 384 g/mol. The number of rotatable bonds is 4. The molecule has 3 aromatic heterocycles. The van der Waals surface area contributed by atoms with Gasteiger partial charge in [-0.15, -0.1) is 0 Å². The molecular formula is C22H17FN6. The maximum Gasteiger partial charge on any atom is 0.223 e. The summed E-state index contributed by atoms with van der Waals surface area (Å²) >= 11 is 0. The standard InChI is InChI=1S/C22H17FN6/c23-15-5-3-14(4-6-15)7-11-26-22-27-12-18-16-8-10-24-13-19(16)28-21-17(20(18)29-22)2-1-9-25-21/h1-6,8-10,12-13H,7,11H2,(H,25,28)(H,26,27,29). The van der Waals surface area contributed by atoms with Gasteiger partial charge in [-0.05, 0) is 42.3 Å². The lowest BCUT2D eigenvalue weighted by molar-refractivity contribution is 0.627. The van der Waals surface area contributed by atoms with Crippen LogP contribution in [0.1, 0.15) is 5.56 Å². The van der Waals surface area contributed by atoms with Crippen LogP contribution in [-0.4, -0.2) is 26.5 Å². The summed E-state index contributed by atoms with van der Waals surface area (Å²) in [7, 11) is 0. The number of hydrogen-bond acceptors (Lipinski definition) is 6. The monoisotopic (exact) mass is 384 g/mol. The number of benzene rings is 1. The number of fused-ring (bicyclic) bond motifs is 5. The van der Waals surface area contributed by atoms with E-state index in [9.17, 15) is 4.39 Å². The number of halogens is 1. The first-order valence-electron chi connectivity index (χ1n) is 9.30. The molecular weight excluding hydrogens is 367 g/mol. The third-order valence-corrected chi connectivity index (χ3v) is 4.83. The normalized spacial score (nSPS) is 11.5. The number of hydrogen-bond donors (Lipinski definition) is 2. The van der Waals surface area contributed by atoms with Crippen LogP contribution in [0.5, 0.6) is 0 Å². The molecule has 0 spiro atoms. The molecule has 0 atom stereocenters. The summed E-state index contributed by atoms with van der Waals surface area (Å²) in [5, 5.41) is 6.61. The van der Waals surface area contributed by atoms with Crippen LogP contribution in [-0.2, 0) is 6.42 Å². The van der Waals surface area contributed by atoms with Crippen LogP contribution in [0.4, 0.5) is 21.8 Å². The first kappa shape index (κ1) is 17.2. The van der Waals surface area contributed by atoms with Gasteiger partial charge in [0.15, 0.2) is 0 Å². The van der Waals surface area contributed by atoms with Crippen molar-refractivity contribution in [3.8, 4) is 22.4 Å². The van der Waals surface area contributed by atoms with Crippen molar-refractivity contribution in [1.82, 2.24) is 19.9 Å². The number of nitrogens with zero attached hydrogens (tertiary/aromatic N) is 4. The molecule has 6 nitrogen and oxygen atoms in total. The lowest BCUT2D eigenvalue weighted by atomic mass is 10.0. The lowest BCUT2D eigenvalue weighted by Gasteiger charge is -2.11. The predicted molar refractivity (Wildman–Crippen MR) is 110 cm³/mol. The molecule has 4 aromatic rings. The van der Waals surface area contributed by atoms with E-state index in [4.69, 9.17) is 4.98 Å². The van der Waals surface area contributed by atoms with Crippen LogP contribution >= 0.6 is 0 Å². The third-order valence-electron chi connectivity index (χ3n) is 4.83. The highest BCUT2D eigenvalue weighted by molar-refractivity contribution is 5.95. The van der Waals surface area contributed by atoms with E-state index >= 15 is 0 Å². The first-order chi connectivity index (χ1) is 14.3. The summed E-state index contributed by atoms with van der Waals surface area (Å²) in [6, 6.07) is 12.3. The topological polar surface area (TPSA) is 75.6 Å². The van der Waals surface area contributed by atoms with Crippen molar-refractivity contribution >= 4 is 17.5 Å². The minimum atomic E-state index is -0.229. The van der Waals surface area contributed by atoms with Crippen molar-refractivity contribution < 1.29 is 4.39 Å². The van der Waals surface area contributed by atoms with Gasteiger partial charge in [0.1, 0.15) is 11.6 Å². The second-order valence-corrected chi connectivity index (χ2v) is 6.70. The molecule has 1 aromatic carbocycles. The van der Waals surface area contributed by atoms with Crippen LogP contribution in [0, 0.1) is 5.82 Å². The van der Waals surface area contributed by atoms with E-state index in [2.05, 4.69) is 25.6 Å². The molecule has 0 saturated heterocycles. The lowest BCUT2D eigenvalue weighted by Crippen LogP contribution is -2.08. The Bertz CT molecular complexity index is 1180. The van der Waals surface area contributed by atoms with Crippen LogP contribution in [0.2, 0.25) is 0 Å². The second kappa shape index (κ2) is 7.27. The summed E-state index contributed by atoms with van der Waals surface area (Å²) in [6.45, 7) is 0.642. The molecule has 1 aliphatic rings. The maximum atomic E-state index is 13.0. The SMILES string of the molecule is Fc1ccc(CCNc2ncc3c(n2)-c2cccnc2Nc2cnccc2-3)cc1. The van der Waals surface area contributed by atoms with Crippen molar-refractivity contribution in [3.63, 3.8) is 0 Å². The zero-order valence-electron chi connectivity index (χ0n) is 15.4. The molecule has 4 heterocycles. The molecule has 0 bridgehead atoms. The van der Waals surface area contributed by atoms with Gasteiger partial charge >= 0.3 is 0 Å². The Labute approximate surface area is 166 Å². The predicted octanol–water partition coefficient (Wildman–Crippen LogP) is 4.45. The highest BCUT2D eigenvalue weighted by atomic mass is 19.1. The maximum absolute atomic E-state index is 13.0. The summed E-state index contributed by atoms with van der Waals surface area (Å²) in [4.78, 5) is 18.0. The summed E-state index contributed by atoms with van der Waals surface area (Å²) < 4.78 is 13.0. The van der Waals surface area contributed by atoms with Crippen LogP contribution in [0.3, 0.4) is 0 Å². The molecule has 1 aliphatic heterocycles. The van der Waals surface area contributed by atoms with Crippen molar-refractivity contribution in [2.24, 2.45) is 0 Å². The van der Waals surface area contributed by atoms with E-state index in [1.54, 1.807) is 30.7 Å². The molecule has 2 N–H and O–H groups in total. The second-order valence-electron chi connectivity index (χ2n) is 6.70. The third kappa shape index (κ3) is 3.38. The average Bonchev–Trinajstić information content (AvgIpc) is 2.89. The summed E-state index contributed by atoms with van der Waals surface area (Å²) in [5.74, 6) is 1.04. The smallest absolute Gasteiger partial charge is 0.223 e. The molecule has 0 radical (unpaired) electrons. The highest BCUT2D eigenvalue weighted by Gasteiger charge is 2.21. The minimum absolute atomic E-state index is 0.229. The summed E-state index contributed by atoms with van der Waals surface area (Å²) in [5.41, 5.74) is 5.53. The molecule has 0 aliphatic carbocycles. The molecule has 142 valence electrons. The molecule has 7 heteroatoms. The number of nitrogens with one attached hydrogen (secondary N) is 2. The molecule has 5 rings (SSSR count). The fourth-order valence-electron chi connectivity index (χ4n) is 3.39. The Morgan fingerprint density at radius 2 is 1.79 bits per heavy atom. The van der Waals surface area contributed by atoms with Gasteiger partial charge in [0.05, 0.1) is 17.6 Å². The molecule has 0 fully saturated rings. The van der Waals surface area contributed by atoms with Crippen LogP contribution in [0.15, 0.2) is 67.3 Å². The van der Waals surface area contributed by atoms with Crippen molar-refractivity contribution in [2.75, 3.05) is 17.2 Å². The van der Waals surface area contributed by atoms with E-state index in [-0.39, 0.29) is 5.82 Å². The Balaban J connectivity index is 1.47. The molecule has 0 amide bonds. The van der Waals surface area contributed by atoms with E-state index in [1.165, 1.54) is 12.1 Å². The zero-order chi connectivity index (χ0) is 19.6. The quantitative estimate of drug-likeness (QED) is 0.477. The minimum Gasteiger partial charge on any atom is -0.354 e. The van der Waals surface area contributed by atoms with Gasteiger partial charge in [-0.1, -0.05) is 12.1 Å². The fraction of sp³-hybridized carbons (Fsp3) is 0.0909. The Hall–Kier alpha value is -3.87.